The summed E-state index contributed by atoms with van der Waals surface area (Å²) in [5.74, 6) is 0.642. The molecule has 0 atom stereocenters. The molecular formula is C11H17ClN2O2. The van der Waals surface area contributed by atoms with Crippen LogP contribution in [0.5, 0.6) is 0 Å². The van der Waals surface area contributed by atoms with Gasteiger partial charge in [-0.1, -0.05) is 13.8 Å². The largest absolute Gasteiger partial charge is 0.438 e. The number of nitrogens with one attached hydrogen (secondary N) is 1. The number of rotatable bonds is 5. The van der Waals surface area contributed by atoms with Gasteiger partial charge >= 0.3 is 0 Å². The molecule has 4 nitrogen and oxygen atoms in total. The zero-order valence-electron chi connectivity index (χ0n) is 9.84. The second-order valence-electron chi connectivity index (χ2n) is 4.55. The zero-order valence-corrected chi connectivity index (χ0v) is 10.6. The van der Waals surface area contributed by atoms with Crippen LogP contribution in [0.4, 0.5) is 0 Å². The highest BCUT2D eigenvalue weighted by Crippen LogP contribution is 2.19. The van der Waals surface area contributed by atoms with Gasteiger partial charge in [-0.05, 0) is 18.8 Å². The molecule has 5 heteroatoms. The fourth-order valence-electron chi connectivity index (χ4n) is 1.26. The van der Waals surface area contributed by atoms with Crippen LogP contribution in [-0.2, 0) is 0 Å². The molecule has 90 valence electrons. The van der Waals surface area contributed by atoms with Crippen molar-refractivity contribution >= 4 is 17.5 Å². The summed E-state index contributed by atoms with van der Waals surface area (Å²) in [5.41, 5.74) is 0.596. The maximum Gasteiger partial charge on any atom is 0.289 e. The first-order valence-electron chi connectivity index (χ1n) is 5.20. The molecule has 0 aliphatic rings. The van der Waals surface area contributed by atoms with Crippen molar-refractivity contribution in [3.63, 3.8) is 0 Å². The van der Waals surface area contributed by atoms with Crippen molar-refractivity contribution in [3.8, 4) is 0 Å². The number of alkyl halides is 1. The van der Waals surface area contributed by atoms with Gasteiger partial charge in [0.1, 0.15) is 0 Å². The summed E-state index contributed by atoms with van der Waals surface area (Å²) in [7, 11) is 0. The van der Waals surface area contributed by atoms with E-state index >= 15 is 0 Å². The Kier molecular flexibility index (Phi) is 4.35. The lowest BCUT2D eigenvalue weighted by Crippen LogP contribution is -2.34. The van der Waals surface area contributed by atoms with Gasteiger partial charge < -0.3 is 9.73 Å². The van der Waals surface area contributed by atoms with Crippen LogP contribution < -0.4 is 5.32 Å². The SMILES string of the molecule is Cc1ncoc1C(=O)NCC(C)(C)CCCl. The number of hydrogen-bond donors (Lipinski definition) is 1. The quantitative estimate of drug-likeness (QED) is 0.809. The molecule has 1 amide bonds. The average Bonchev–Trinajstić information content (AvgIpc) is 2.61. The van der Waals surface area contributed by atoms with E-state index in [1.165, 1.54) is 6.39 Å². The van der Waals surface area contributed by atoms with Gasteiger partial charge in [0, 0.05) is 12.4 Å². The van der Waals surface area contributed by atoms with Crippen molar-refractivity contribution < 1.29 is 9.21 Å². The van der Waals surface area contributed by atoms with Gasteiger partial charge in [0.15, 0.2) is 6.39 Å². The highest BCUT2D eigenvalue weighted by Gasteiger charge is 2.20. The predicted octanol–water partition coefficient (Wildman–Crippen LogP) is 2.37. The number of nitrogens with zero attached hydrogens (tertiary/aromatic N) is 1. The first-order chi connectivity index (χ1) is 7.46. The lowest BCUT2D eigenvalue weighted by atomic mass is 9.90. The molecule has 0 aliphatic carbocycles. The smallest absolute Gasteiger partial charge is 0.289 e. The predicted molar refractivity (Wildman–Crippen MR) is 62.7 cm³/mol. The number of halogens is 1. The van der Waals surface area contributed by atoms with E-state index in [4.69, 9.17) is 16.0 Å². The molecule has 1 rings (SSSR count). The van der Waals surface area contributed by atoms with Crippen molar-refractivity contribution in [2.24, 2.45) is 5.41 Å². The van der Waals surface area contributed by atoms with Crippen LogP contribution in [0.1, 0.15) is 36.5 Å². The Hall–Kier alpha value is -1.03. The Morgan fingerprint density at radius 3 is 2.81 bits per heavy atom. The first kappa shape index (κ1) is 13.0. The molecular weight excluding hydrogens is 228 g/mol. The summed E-state index contributed by atoms with van der Waals surface area (Å²) in [6.07, 6.45) is 2.12. The minimum absolute atomic E-state index is 0.00860. The van der Waals surface area contributed by atoms with Crippen LogP contribution in [0.3, 0.4) is 0 Å². The van der Waals surface area contributed by atoms with Crippen molar-refractivity contribution in [3.05, 3.63) is 17.8 Å². The van der Waals surface area contributed by atoms with Crippen LogP contribution in [-0.4, -0.2) is 23.3 Å². The van der Waals surface area contributed by atoms with E-state index in [0.29, 0.717) is 18.1 Å². The topological polar surface area (TPSA) is 55.1 Å². The van der Waals surface area contributed by atoms with Gasteiger partial charge in [0.2, 0.25) is 5.76 Å². The number of carbonyl (C=O) groups is 1. The first-order valence-corrected chi connectivity index (χ1v) is 5.74. The van der Waals surface area contributed by atoms with Gasteiger partial charge in [-0.3, -0.25) is 4.79 Å². The molecule has 16 heavy (non-hydrogen) atoms. The van der Waals surface area contributed by atoms with Gasteiger partial charge in [-0.2, -0.15) is 0 Å². The van der Waals surface area contributed by atoms with Crippen molar-refractivity contribution in [2.75, 3.05) is 12.4 Å². The molecule has 0 saturated heterocycles. The lowest BCUT2D eigenvalue weighted by molar-refractivity contribution is 0.0907. The summed E-state index contributed by atoms with van der Waals surface area (Å²) in [5, 5.41) is 2.82. The van der Waals surface area contributed by atoms with E-state index in [-0.39, 0.29) is 17.1 Å². The standard InChI is InChI=1S/C11H17ClN2O2/c1-8-9(16-7-14-8)10(15)13-6-11(2,3)4-5-12/h7H,4-6H2,1-3H3,(H,13,15). The second-order valence-corrected chi connectivity index (χ2v) is 4.93. The van der Waals surface area contributed by atoms with Gasteiger partial charge in [-0.15, -0.1) is 11.6 Å². The average molecular weight is 245 g/mol. The van der Waals surface area contributed by atoms with E-state index in [2.05, 4.69) is 24.1 Å². The Morgan fingerprint density at radius 1 is 1.62 bits per heavy atom. The van der Waals surface area contributed by atoms with Gasteiger partial charge in [0.05, 0.1) is 5.69 Å². The number of aryl methyl sites for hydroxylation is 1. The normalized spacial score (nSPS) is 11.5. The summed E-state index contributed by atoms with van der Waals surface area (Å²) in [4.78, 5) is 15.6. The molecule has 0 aromatic carbocycles. The van der Waals surface area contributed by atoms with Crippen LogP contribution in [0, 0.1) is 12.3 Å². The van der Waals surface area contributed by atoms with Crippen molar-refractivity contribution in [1.29, 1.82) is 0 Å². The van der Waals surface area contributed by atoms with E-state index in [1.807, 2.05) is 0 Å². The van der Waals surface area contributed by atoms with Crippen molar-refractivity contribution in [1.82, 2.24) is 10.3 Å². The Bertz CT molecular complexity index is 361. The summed E-state index contributed by atoms with van der Waals surface area (Å²) < 4.78 is 5.00. The maximum absolute atomic E-state index is 11.7. The third-order valence-electron chi connectivity index (χ3n) is 2.45. The van der Waals surface area contributed by atoms with Gasteiger partial charge in [-0.25, -0.2) is 4.98 Å². The molecule has 0 bridgehead atoms. The molecule has 1 N–H and O–H groups in total. The molecule has 0 spiro atoms. The minimum atomic E-state index is -0.224. The summed E-state index contributed by atoms with van der Waals surface area (Å²) >= 11 is 5.68. The summed E-state index contributed by atoms with van der Waals surface area (Å²) in [6.45, 7) is 6.42. The number of amides is 1. The van der Waals surface area contributed by atoms with E-state index in [9.17, 15) is 4.79 Å². The number of oxazole rings is 1. The number of aromatic nitrogens is 1. The van der Waals surface area contributed by atoms with Gasteiger partial charge in [0.25, 0.3) is 5.91 Å². The van der Waals surface area contributed by atoms with Crippen LogP contribution in [0.15, 0.2) is 10.8 Å². The molecule has 0 fully saturated rings. The molecule has 1 aromatic heterocycles. The number of carbonyl (C=O) groups excluding carboxylic acids is 1. The fraction of sp³-hybridized carbons (Fsp3) is 0.636. The molecule has 1 aromatic rings. The Balaban J connectivity index is 2.51. The minimum Gasteiger partial charge on any atom is -0.438 e. The molecule has 0 unspecified atom stereocenters. The van der Waals surface area contributed by atoms with Crippen LogP contribution in [0.2, 0.25) is 0 Å². The van der Waals surface area contributed by atoms with E-state index in [1.54, 1.807) is 6.92 Å². The van der Waals surface area contributed by atoms with Crippen molar-refractivity contribution in [2.45, 2.75) is 27.2 Å². The third-order valence-corrected chi connectivity index (χ3v) is 2.64. The van der Waals surface area contributed by atoms with Crippen LogP contribution >= 0.6 is 11.6 Å². The highest BCUT2D eigenvalue weighted by molar-refractivity contribution is 6.17. The fourth-order valence-corrected chi connectivity index (χ4v) is 1.78. The highest BCUT2D eigenvalue weighted by atomic mass is 35.5. The molecule has 0 radical (unpaired) electrons. The monoisotopic (exact) mass is 244 g/mol. The maximum atomic E-state index is 11.7. The second kappa shape index (κ2) is 5.34. The Morgan fingerprint density at radius 2 is 2.31 bits per heavy atom. The summed E-state index contributed by atoms with van der Waals surface area (Å²) in [6, 6.07) is 0. The lowest BCUT2D eigenvalue weighted by Gasteiger charge is -2.23. The molecule has 1 heterocycles. The van der Waals surface area contributed by atoms with E-state index in [0.717, 1.165) is 6.42 Å². The molecule has 0 saturated carbocycles. The van der Waals surface area contributed by atoms with Crippen LogP contribution in [0.25, 0.3) is 0 Å². The zero-order chi connectivity index (χ0) is 12.2. The third kappa shape index (κ3) is 3.52. The molecule has 0 aliphatic heterocycles. The van der Waals surface area contributed by atoms with E-state index < -0.39 is 0 Å². The number of hydrogen-bond acceptors (Lipinski definition) is 3. The Labute approximate surface area is 100 Å².